The van der Waals surface area contributed by atoms with Gasteiger partial charge in [-0.3, -0.25) is 18.9 Å². The molecule has 0 aliphatic rings. The van der Waals surface area contributed by atoms with Crippen LogP contribution in [-0.2, 0) is 26.1 Å². The van der Waals surface area contributed by atoms with E-state index < -0.39 is 12.4 Å². The van der Waals surface area contributed by atoms with Crippen LogP contribution >= 0.6 is 0 Å². The average Bonchev–Trinajstić information content (AvgIpc) is 3.41. The molecule has 0 atom stereocenters. The molecule has 2 aromatic heterocycles. The van der Waals surface area contributed by atoms with Crippen molar-refractivity contribution >= 4 is 29.6 Å². The van der Waals surface area contributed by atoms with Gasteiger partial charge in [-0.05, 0) is 35.1 Å². The maximum Gasteiger partial charge on any atom is 0.439 e. The van der Waals surface area contributed by atoms with Crippen LogP contribution in [0.25, 0.3) is 22.5 Å². The van der Waals surface area contributed by atoms with Crippen molar-refractivity contribution in [2.75, 3.05) is 0 Å². The third-order valence-electron chi connectivity index (χ3n) is 6.77. The predicted molar refractivity (Wildman–Crippen MR) is 154 cm³/mol. The van der Waals surface area contributed by atoms with E-state index in [0.717, 1.165) is 40.7 Å². The zero-order valence-corrected chi connectivity index (χ0v) is 24.7. The Morgan fingerprint density at radius 1 is 0.900 bits per heavy atom. The van der Waals surface area contributed by atoms with Gasteiger partial charge >= 0.3 is 5.76 Å². The molecule has 0 saturated heterocycles. The minimum absolute atomic E-state index is 0. The van der Waals surface area contributed by atoms with Gasteiger partial charge in [0, 0.05) is 47.1 Å². The molecule has 0 unspecified atom stereocenters. The number of rotatable bonds is 10. The molecule has 2 heterocycles. The monoisotopic (exact) mass is 547 g/mol. The topological polar surface area (TPSA) is 93.8 Å². The Kier molecular flexibility index (Phi) is 10.0. The summed E-state index contributed by atoms with van der Waals surface area (Å²) >= 11 is 0. The van der Waals surface area contributed by atoms with Crippen molar-refractivity contribution in [2.24, 2.45) is 0 Å². The summed E-state index contributed by atoms with van der Waals surface area (Å²) in [7, 11) is 0. The number of hydrogen-bond acceptors (Lipinski definition) is 5. The van der Waals surface area contributed by atoms with E-state index in [9.17, 15) is 14.0 Å². The number of aromatic amines is 1. The minimum atomic E-state index is -0.799. The first-order chi connectivity index (χ1) is 19.1. The molecule has 199 valence electrons. The van der Waals surface area contributed by atoms with Crippen LogP contribution in [0.5, 0.6) is 0 Å². The molecule has 0 amide bonds. The number of aryl methyl sites for hydroxylation is 1. The maximum absolute atomic E-state index is 14.0. The Hall–Kier alpha value is -3.59. The number of nitrogens with zero attached hydrogens (tertiary/aromatic N) is 3. The molecule has 9 heteroatoms. The summed E-state index contributed by atoms with van der Waals surface area (Å²) in [5.41, 5.74) is 5.49. The molecular formula is C31H29FN4NaO3. The van der Waals surface area contributed by atoms with E-state index in [0.29, 0.717) is 29.9 Å². The van der Waals surface area contributed by atoms with Gasteiger partial charge in [-0.25, -0.2) is 14.2 Å². The smallest absolute Gasteiger partial charge is 0.296 e. The number of unbranched alkanes of at least 4 members (excludes halogenated alkanes) is 1. The molecule has 0 saturated carbocycles. The van der Waals surface area contributed by atoms with Crippen molar-refractivity contribution in [3.05, 3.63) is 128 Å². The Balaban J connectivity index is 0.00000370. The molecule has 0 spiro atoms. The summed E-state index contributed by atoms with van der Waals surface area (Å²) in [5.74, 6) is -0.0888. The molecule has 0 bridgehead atoms. The first kappa shape index (κ1) is 29.4. The van der Waals surface area contributed by atoms with E-state index in [2.05, 4.69) is 26.6 Å². The summed E-state index contributed by atoms with van der Waals surface area (Å²) in [5, 5.41) is 3.83. The van der Waals surface area contributed by atoms with E-state index >= 15 is 0 Å². The number of H-pyrrole nitrogens is 1. The van der Waals surface area contributed by atoms with Gasteiger partial charge in [0.25, 0.3) is 5.56 Å². The third kappa shape index (κ3) is 6.58. The molecule has 3 aromatic carbocycles. The number of aromatic nitrogens is 4. The molecular weight excluding hydrogens is 518 g/mol. The number of nitrogens with one attached hydrogen (secondary N) is 1. The molecule has 5 rings (SSSR count). The van der Waals surface area contributed by atoms with Crippen LogP contribution in [0.4, 0.5) is 4.39 Å². The fourth-order valence-corrected chi connectivity index (χ4v) is 4.74. The van der Waals surface area contributed by atoms with Crippen molar-refractivity contribution in [3.8, 4) is 22.5 Å². The summed E-state index contributed by atoms with van der Waals surface area (Å²) in [6, 6.07) is 25.1. The molecule has 1 N–H and O–H groups in total. The van der Waals surface area contributed by atoms with Gasteiger partial charge in [0.1, 0.15) is 12.5 Å². The maximum atomic E-state index is 14.0. The predicted octanol–water partition coefficient (Wildman–Crippen LogP) is 5.32. The SMILES string of the molecule is CCCCc1nc(CF)n(Cc2ccccc2)c(=O)c1Cc1ccc(-c2ccccc2-c2noc(=O)[nH]2)cc1.[Na]. The summed E-state index contributed by atoms with van der Waals surface area (Å²) in [4.78, 5) is 32.5. The molecule has 40 heavy (non-hydrogen) atoms. The van der Waals surface area contributed by atoms with Gasteiger partial charge in [-0.2, -0.15) is 0 Å². The second-order valence-electron chi connectivity index (χ2n) is 9.43. The van der Waals surface area contributed by atoms with Gasteiger partial charge in [0.2, 0.25) is 0 Å². The van der Waals surface area contributed by atoms with Gasteiger partial charge < -0.3 is 0 Å². The van der Waals surface area contributed by atoms with Crippen molar-refractivity contribution < 1.29 is 8.91 Å². The van der Waals surface area contributed by atoms with Crippen LogP contribution in [0.3, 0.4) is 0 Å². The first-order valence-corrected chi connectivity index (χ1v) is 13.0. The van der Waals surface area contributed by atoms with Crippen LogP contribution < -0.4 is 11.3 Å². The second kappa shape index (κ2) is 13.7. The molecule has 7 nitrogen and oxygen atoms in total. The first-order valence-electron chi connectivity index (χ1n) is 13.0. The van der Waals surface area contributed by atoms with Crippen LogP contribution in [0.15, 0.2) is 93.0 Å². The number of hydrogen-bond donors (Lipinski definition) is 1. The third-order valence-corrected chi connectivity index (χ3v) is 6.77. The fourth-order valence-electron chi connectivity index (χ4n) is 4.74. The number of alkyl halides is 1. The molecule has 5 aromatic rings. The fraction of sp³-hybridized carbons (Fsp3) is 0.226. The minimum Gasteiger partial charge on any atom is -0.296 e. The van der Waals surface area contributed by atoms with E-state index in [4.69, 9.17) is 0 Å². The Labute approximate surface area is 253 Å². The standard InChI is InChI=1S/C31H29FN4O3.Na/c1-2-3-13-27-26(30(37)36(28(19-32)33-27)20-22-9-5-4-6-10-22)18-21-14-16-23(17-15-21)24-11-7-8-12-25(24)29-34-31(38)39-35-29;/h4-12,14-17H,2-3,13,18-20H2,1H3,(H,34,35,38);. The molecule has 0 aliphatic carbocycles. The van der Waals surface area contributed by atoms with Gasteiger partial charge in [-0.15, -0.1) is 0 Å². The molecule has 0 aliphatic heterocycles. The molecule has 1 radical (unpaired) electrons. The number of benzene rings is 3. The van der Waals surface area contributed by atoms with E-state index in [1.807, 2.05) is 78.9 Å². The van der Waals surface area contributed by atoms with Crippen LogP contribution in [0.2, 0.25) is 0 Å². The average molecular weight is 548 g/mol. The van der Waals surface area contributed by atoms with E-state index in [-0.39, 0.29) is 47.5 Å². The Morgan fingerprint density at radius 3 is 2.25 bits per heavy atom. The van der Waals surface area contributed by atoms with Crippen LogP contribution in [0.1, 0.15) is 48.0 Å². The quantitative estimate of drug-likeness (QED) is 0.239. The van der Waals surface area contributed by atoms with Crippen molar-refractivity contribution in [1.29, 1.82) is 0 Å². The largest absolute Gasteiger partial charge is 0.439 e. The van der Waals surface area contributed by atoms with Crippen LogP contribution in [0, 0.1) is 0 Å². The van der Waals surface area contributed by atoms with Crippen molar-refractivity contribution in [3.63, 3.8) is 0 Å². The normalized spacial score (nSPS) is 10.8. The van der Waals surface area contributed by atoms with Gasteiger partial charge in [0.05, 0.1) is 12.2 Å². The summed E-state index contributed by atoms with van der Waals surface area (Å²) in [6.45, 7) is 1.55. The number of halogens is 1. The van der Waals surface area contributed by atoms with Gasteiger partial charge in [-0.1, -0.05) is 97.4 Å². The van der Waals surface area contributed by atoms with Crippen molar-refractivity contribution in [1.82, 2.24) is 19.7 Å². The summed E-state index contributed by atoms with van der Waals surface area (Å²) < 4.78 is 20.2. The van der Waals surface area contributed by atoms with E-state index in [1.165, 1.54) is 4.57 Å². The zero-order chi connectivity index (χ0) is 27.2. The Bertz CT molecular complexity index is 1680. The zero-order valence-electron chi connectivity index (χ0n) is 22.7. The second-order valence-corrected chi connectivity index (χ2v) is 9.43. The van der Waals surface area contributed by atoms with Crippen LogP contribution in [-0.4, -0.2) is 49.2 Å². The van der Waals surface area contributed by atoms with Gasteiger partial charge in [0.15, 0.2) is 5.82 Å². The summed E-state index contributed by atoms with van der Waals surface area (Å²) in [6.07, 6.45) is 2.84. The molecule has 0 fully saturated rings. The van der Waals surface area contributed by atoms with E-state index in [1.54, 1.807) is 0 Å². The Morgan fingerprint density at radius 2 is 1.60 bits per heavy atom. The van der Waals surface area contributed by atoms with Crippen molar-refractivity contribution in [2.45, 2.75) is 45.8 Å².